The number of hydrogen-bond acceptors (Lipinski definition) is 4. The Balaban J connectivity index is 2.47. The Labute approximate surface area is 120 Å². The van der Waals surface area contributed by atoms with Gasteiger partial charge in [-0.25, -0.2) is 0 Å². The summed E-state index contributed by atoms with van der Waals surface area (Å²) >= 11 is 1.16. The number of rotatable bonds is 8. The number of aliphatic hydroxyl groups is 2. The average Bonchev–Trinajstić information content (AvgIpc) is 2.55. The summed E-state index contributed by atoms with van der Waals surface area (Å²) in [6, 6.07) is 0. The fourth-order valence-corrected chi connectivity index (χ4v) is 3.71. The molecule has 4 heteroatoms. The third-order valence-corrected chi connectivity index (χ3v) is 4.97. The summed E-state index contributed by atoms with van der Waals surface area (Å²) in [6.45, 7) is 5.62. The van der Waals surface area contributed by atoms with Crippen LogP contribution in [0, 0.1) is 0 Å². The van der Waals surface area contributed by atoms with Crippen LogP contribution in [-0.4, -0.2) is 26.2 Å². The first-order valence-corrected chi connectivity index (χ1v) is 8.09. The van der Waals surface area contributed by atoms with E-state index in [2.05, 4.69) is 6.92 Å². The Morgan fingerprint density at radius 3 is 2.32 bits per heavy atom. The molecule has 0 saturated carbocycles. The van der Waals surface area contributed by atoms with Crippen molar-refractivity contribution in [2.45, 2.75) is 76.6 Å². The predicted molar refractivity (Wildman–Crippen MR) is 80.3 cm³/mol. The van der Waals surface area contributed by atoms with Crippen molar-refractivity contribution >= 4 is 16.9 Å². The summed E-state index contributed by atoms with van der Waals surface area (Å²) in [7, 11) is 0. The van der Waals surface area contributed by atoms with E-state index in [1.165, 1.54) is 32.6 Å². The predicted octanol–water partition coefficient (Wildman–Crippen LogP) is 3.96. The van der Waals surface area contributed by atoms with Crippen LogP contribution in [0.25, 0.3) is 0 Å². The zero-order chi connectivity index (χ0) is 14.5. The van der Waals surface area contributed by atoms with Gasteiger partial charge in [-0.15, -0.1) is 0 Å². The summed E-state index contributed by atoms with van der Waals surface area (Å²) in [5.41, 5.74) is 0.193. The van der Waals surface area contributed by atoms with Crippen LogP contribution in [0.5, 0.6) is 0 Å². The van der Waals surface area contributed by atoms with Crippen molar-refractivity contribution in [3.8, 4) is 0 Å². The fourth-order valence-electron chi connectivity index (χ4n) is 2.47. The third kappa shape index (κ3) is 4.25. The summed E-state index contributed by atoms with van der Waals surface area (Å²) in [5.74, 6) is 0.0889. The van der Waals surface area contributed by atoms with Gasteiger partial charge >= 0.3 is 0 Å². The molecule has 110 valence electrons. The van der Waals surface area contributed by atoms with E-state index in [0.29, 0.717) is 0 Å². The highest BCUT2D eigenvalue weighted by Gasteiger charge is 2.44. The Morgan fingerprint density at radius 1 is 1.21 bits per heavy atom. The van der Waals surface area contributed by atoms with Gasteiger partial charge in [0.25, 0.3) is 0 Å². The molecule has 0 spiro atoms. The summed E-state index contributed by atoms with van der Waals surface area (Å²) in [4.78, 5) is 11.8. The van der Waals surface area contributed by atoms with Crippen LogP contribution in [0.4, 0.5) is 0 Å². The van der Waals surface area contributed by atoms with Crippen molar-refractivity contribution in [3.63, 3.8) is 0 Å². The number of carbonyl (C=O) groups excluding carboxylic acids is 1. The maximum absolute atomic E-state index is 11.8. The van der Waals surface area contributed by atoms with Crippen LogP contribution in [0.1, 0.15) is 65.7 Å². The molecule has 1 rings (SSSR count). The van der Waals surface area contributed by atoms with Crippen molar-refractivity contribution in [3.05, 3.63) is 11.3 Å². The van der Waals surface area contributed by atoms with E-state index in [1.807, 2.05) is 6.92 Å². The molecule has 2 N–H and O–H groups in total. The summed E-state index contributed by atoms with van der Waals surface area (Å²) in [5, 5.41) is 19.5. The summed E-state index contributed by atoms with van der Waals surface area (Å²) < 4.78 is -0.534. The Morgan fingerprint density at radius 2 is 1.79 bits per heavy atom. The number of carbonyl (C=O) groups is 1. The molecule has 1 heterocycles. The molecule has 19 heavy (non-hydrogen) atoms. The van der Waals surface area contributed by atoms with Crippen molar-refractivity contribution in [2.75, 3.05) is 0 Å². The van der Waals surface area contributed by atoms with Crippen molar-refractivity contribution in [1.82, 2.24) is 0 Å². The minimum absolute atomic E-state index is 0.0889. The second-order valence-electron chi connectivity index (χ2n) is 5.58. The van der Waals surface area contributed by atoms with Crippen molar-refractivity contribution in [1.29, 1.82) is 0 Å². The standard InChI is InChI=1S/C15H26O3S/c1-4-5-6-7-8-9-10-15(3)13(17)12(11(2)16)14(18)19-15/h11,16-17H,4-10H2,1-3H3. The second kappa shape index (κ2) is 7.34. The van der Waals surface area contributed by atoms with Gasteiger partial charge in [-0.3, -0.25) is 4.79 Å². The third-order valence-electron chi connectivity index (χ3n) is 3.72. The lowest BCUT2D eigenvalue weighted by molar-refractivity contribution is -0.108. The maximum atomic E-state index is 11.8. The number of unbranched alkanes of at least 4 members (excludes halogenated alkanes) is 5. The molecule has 0 aliphatic carbocycles. The van der Waals surface area contributed by atoms with E-state index in [4.69, 9.17) is 0 Å². The number of thioether (sulfide) groups is 1. The number of hydrogen-bond donors (Lipinski definition) is 2. The van der Waals surface area contributed by atoms with Gasteiger partial charge in [-0.05, 0) is 20.3 Å². The lowest BCUT2D eigenvalue weighted by Gasteiger charge is -2.22. The highest BCUT2D eigenvalue weighted by Crippen LogP contribution is 2.46. The van der Waals surface area contributed by atoms with Gasteiger partial charge in [0.05, 0.1) is 16.4 Å². The molecule has 0 amide bonds. The first-order chi connectivity index (χ1) is 8.92. The van der Waals surface area contributed by atoms with Gasteiger partial charge in [0.2, 0.25) is 5.12 Å². The zero-order valence-corrected chi connectivity index (χ0v) is 13.1. The van der Waals surface area contributed by atoms with Crippen LogP contribution in [0.3, 0.4) is 0 Å². The Kier molecular flexibility index (Phi) is 6.40. The number of aliphatic hydroxyl groups excluding tert-OH is 2. The molecule has 3 nitrogen and oxygen atoms in total. The molecule has 0 aromatic carbocycles. The molecule has 0 aromatic rings. The molecule has 2 atom stereocenters. The van der Waals surface area contributed by atoms with Crippen LogP contribution in [0.15, 0.2) is 11.3 Å². The van der Waals surface area contributed by atoms with Gasteiger partial charge in [-0.2, -0.15) is 0 Å². The fraction of sp³-hybridized carbons (Fsp3) is 0.800. The highest BCUT2D eigenvalue weighted by molar-refractivity contribution is 8.15. The van der Waals surface area contributed by atoms with E-state index >= 15 is 0 Å². The van der Waals surface area contributed by atoms with Crippen LogP contribution in [-0.2, 0) is 4.79 Å². The smallest absolute Gasteiger partial charge is 0.222 e. The molecular formula is C15H26O3S. The lowest BCUT2D eigenvalue weighted by atomic mass is 9.95. The normalized spacial score (nSPS) is 25.2. The van der Waals surface area contributed by atoms with Crippen LogP contribution in [0.2, 0.25) is 0 Å². The SMILES string of the molecule is CCCCCCCCC1(C)SC(=O)C(C(C)O)=C1O. The molecule has 0 bridgehead atoms. The molecule has 1 aliphatic rings. The van der Waals surface area contributed by atoms with E-state index in [9.17, 15) is 15.0 Å². The molecule has 2 unspecified atom stereocenters. The molecule has 0 aromatic heterocycles. The first-order valence-electron chi connectivity index (χ1n) is 7.27. The van der Waals surface area contributed by atoms with E-state index < -0.39 is 10.9 Å². The van der Waals surface area contributed by atoms with E-state index in [1.54, 1.807) is 0 Å². The monoisotopic (exact) mass is 286 g/mol. The maximum Gasteiger partial charge on any atom is 0.222 e. The minimum atomic E-state index is -0.883. The molecular weight excluding hydrogens is 260 g/mol. The quantitative estimate of drug-likeness (QED) is 0.663. The van der Waals surface area contributed by atoms with Gasteiger partial charge in [0.1, 0.15) is 5.76 Å². The minimum Gasteiger partial charge on any atom is -0.510 e. The second-order valence-corrected chi connectivity index (χ2v) is 7.05. The largest absolute Gasteiger partial charge is 0.510 e. The average molecular weight is 286 g/mol. The topological polar surface area (TPSA) is 57.5 Å². The van der Waals surface area contributed by atoms with Gasteiger partial charge in [0.15, 0.2) is 0 Å². The van der Waals surface area contributed by atoms with Gasteiger partial charge in [0, 0.05) is 0 Å². The molecule has 0 radical (unpaired) electrons. The highest BCUT2D eigenvalue weighted by atomic mass is 32.2. The zero-order valence-electron chi connectivity index (χ0n) is 12.2. The van der Waals surface area contributed by atoms with Gasteiger partial charge in [-0.1, -0.05) is 57.2 Å². The van der Waals surface area contributed by atoms with E-state index in [0.717, 1.165) is 31.0 Å². The first kappa shape index (κ1) is 16.6. The summed E-state index contributed by atoms with van der Waals surface area (Å²) in [6.07, 6.45) is 7.06. The lowest BCUT2D eigenvalue weighted by Crippen LogP contribution is -2.21. The van der Waals surface area contributed by atoms with E-state index in [-0.39, 0.29) is 16.4 Å². The van der Waals surface area contributed by atoms with Crippen LogP contribution < -0.4 is 0 Å². The molecule has 0 saturated heterocycles. The van der Waals surface area contributed by atoms with Gasteiger partial charge < -0.3 is 10.2 Å². The Hall–Kier alpha value is -0.480. The van der Waals surface area contributed by atoms with Crippen LogP contribution >= 0.6 is 11.8 Å². The molecule has 0 fully saturated rings. The van der Waals surface area contributed by atoms with Crippen molar-refractivity contribution in [2.24, 2.45) is 0 Å². The Bertz CT molecular complexity index is 349. The molecule has 1 aliphatic heterocycles. The van der Waals surface area contributed by atoms with Crippen molar-refractivity contribution < 1.29 is 15.0 Å².